The second kappa shape index (κ2) is 6.10. The van der Waals surface area contributed by atoms with Gasteiger partial charge in [0, 0.05) is 6.20 Å². The number of fused-ring (bicyclic) bond motifs is 1. The number of hydrogen-bond acceptors (Lipinski definition) is 2. The van der Waals surface area contributed by atoms with Crippen molar-refractivity contribution in [3.8, 4) is 0 Å². The average Bonchev–Trinajstić information content (AvgIpc) is 2.91. The molecule has 0 bridgehead atoms. The van der Waals surface area contributed by atoms with Gasteiger partial charge in [0.2, 0.25) is 0 Å². The van der Waals surface area contributed by atoms with Crippen LogP contribution >= 0.6 is 0 Å². The summed E-state index contributed by atoms with van der Waals surface area (Å²) in [5, 5.41) is 10.6. The molecule has 0 aliphatic rings. The van der Waals surface area contributed by atoms with Crippen LogP contribution in [0.5, 0.6) is 0 Å². The van der Waals surface area contributed by atoms with Crippen LogP contribution in [0.15, 0.2) is 54.7 Å². The smallest absolute Gasteiger partial charge is 0.0604 e. The van der Waals surface area contributed by atoms with E-state index < -0.39 is 0 Å². The summed E-state index contributed by atoms with van der Waals surface area (Å²) < 4.78 is 2.01. The lowest BCUT2D eigenvalue weighted by atomic mass is 10.0. The van der Waals surface area contributed by atoms with Gasteiger partial charge in [-0.1, -0.05) is 43.3 Å². The van der Waals surface area contributed by atoms with E-state index in [4.69, 9.17) is 0 Å². The highest BCUT2D eigenvalue weighted by molar-refractivity contribution is 5.83. The summed E-state index contributed by atoms with van der Waals surface area (Å²) in [5.41, 5.74) is 2.37. The van der Waals surface area contributed by atoms with Crippen molar-refractivity contribution in [1.82, 2.24) is 15.1 Å². The Morgan fingerprint density at radius 1 is 1.10 bits per heavy atom. The van der Waals surface area contributed by atoms with Crippen molar-refractivity contribution in [3.63, 3.8) is 0 Å². The van der Waals surface area contributed by atoms with E-state index in [2.05, 4.69) is 59.8 Å². The van der Waals surface area contributed by atoms with Crippen molar-refractivity contribution < 1.29 is 0 Å². The number of aryl methyl sites for hydroxylation is 1. The first-order valence-electron chi connectivity index (χ1n) is 7.48. The van der Waals surface area contributed by atoms with Gasteiger partial charge in [-0.05, 0) is 41.9 Å². The number of aromatic nitrogens is 2. The normalized spacial score (nSPS) is 12.7. The molecule has 0 amide bonds. The fraction of sp³-hybridized carbons (Fsp3) is 0.278. The highest BCUT2D eigenvalue weighted by Gasteiger charge is 2.12. The average molecular weight is 279 g/mol. The molecule has 3 heteroatoms. The monoisotopic (exact) mass is 279 g/mol. The summed E-state index contributed by atoms with van der Waals surface area (Å²) >= 11 is 0. The van der Waals surface area contributed by atoms with E-state index in [1.165, 1.54) is 16.3 Å². The predicted molar refractivity (Wildman–Crippen MR) is 87.3 cm³/mol. The second-order valence-corrected chi connectivity index (χ2v) is 5.40. The molecule has 3 aromatic rings. The van der Waals surface area contributed by atoms with Crippen LogP contribution in [0.1, 0.15) is 24.2 Å². The first-order chi connectivity index (χ1) is 10.3. The highest BCUT2D eigenvalue weighted by atomic mass is 15.3. The molecule has 3 nitrogen and oxygen atoms in total. The van der Waals surface area contributed by atoms with Gasteiger partial charge in [0.1, 0.15) is 0 Å². The van der Waals surface area contributed by atoms with Gasteiger partial charge in [0.05, 0.1) is 18.3 Å². The molecule has 21 heavy (non-hydrogen) atoms. The topological polar surface area (TPSA) is 29.9 Å². The summed E-state index contributed by atoms with van der Waals surface area (Å²) in [4.78, 5) is 0. The number of benzene rings is 2. The van der Waals surface area contributed by atoms with Gasteiger partial charge in [-0.3, -0.25) is 4.68 Å². The van der Waals surface area contributed by atoms with Gasteiger partial charge in [0.15, 0.2) is 0 Å². The summed E-state index contributed by atoms with van der Waals surface area (Å²) in [6, 6.07) is 17.5. The molecule has 2 aromatic carbocycles. The molecule has 0 aliphatic heterocycles. The van der Waals surface area contributed by atoms with Crippen LogP contribution in [0.25, 0.3) is 10.8 Å². The lowest BCUT2D eigenvalue weighted by Crippen LogP contribution is -2.25. The number of likely N-dealkylation sites (N-methyl/N-ethyl adjacent to an activating group) is 1. The zero-order valence-electron chi connectivity index (χ0n) is 12.6. The third-order valence-electron chi connectivity index (χ3n) is 3.77. The van der Waals surface area contributed by atoms with Crippen LogP contribution in [0.4, 0.5) is 0 Å². The highest BCUT2D eigenvalue weighted by Crippen LogP contribution is 2.21. The maximum Gasteiger partial charge on any atom is 0.0604 e. The van der Waals surface area contributed by atoms with E-state index in [-0.39, 0.29) is 6.04 Å². The number of hydrogen-bond donors (Lipinski definition) is 1. The van der Waals surface area contributed by atoms with E-state index >= 15 is 0 Å². The number of nitrogens with one attached hydrogen (secondary N) is 1. The van der Waals surface area contributed by atoms with Crippen molar-refractivity contribution in [2.24, 2.45) is 0 Å². The van der Waals surface area contributed by atoms with Crippen molar-refractivity contribution in [3.05, 3.63) is 66.0 Å². The Bertz CT molecular complexity index is 730. The van der Waals surface area contributed by atoms with Gasteiger partial charge in [0.25, 0.3) is 0 Å². The number of rotatable bonds is 5. The zero-order valence-corrected chi connectivity index (χ0v) is 12.6. The quantitative estimate of drug-likeness (QED) is 0.772. The van der Waals surface area contributed by atoms with Crippen LogP contribution < -0.4 is 5.32 Å². The van der Waals surface area contributed by atoms with Gasteiger partial charge < -0.3 is 5.32 Å². The standard InChI is InChI=1S/C18H21N3/c1-3-19-18(13-21-11-10-14(2)20-21)17-9-8-15-6-4-5-7-16(15)12-17/h4-12,18-19H,3,13H2,1-2H3. The van der Waals surface area contributed by atoms with Crippen molar-refractivity contribution >= 4 is 10.8 Å². The first kappa shape index (κ1) is 13.8. The Hall–Kier alpha value is -2.13. The van der Waals surface area contributed by atoms with Crippen LogP contribution in [0.2, 0.25) is 0 Å². The Kier molecular flexibility index (Phi) is 4.02. The second-order valence-electron chi connectivity index (χ2n) is 5.40. The molecule has 1 N–H and O–H groups in total. The molecule has 1 atom stereocenters. The fourth-order valence-electron chi connectivity index (χ4n) is 2.71. The SMILES string of the molecule is CCNC(Cn1ccc(C)n1)c1ccc2ccccc2c1. The predicted octanol–water partition coefficient (Wildman–Crippen LogP) is 3.70. The van der Waals surface area contributed by atoms with Crippen LogP contribution in [0, 0.1) is 6.92 Å². The van der Waals surface area contributed by atoms with E-state index in [9.17, 15) is 0 Å². The third-order valence-corrected chi connectivity index (χ3v) is 3.77. The molecule has 1 unspecified atom stereocenters. The first-order valence-corrected chi connectivity index (χ1v) is 7.48. The molecule has 1 heterocycles. The maximum absolute atomic E-state index is 4.50. The Labute approximate surface area is 125 Å². The minimum absolute atomic E-state index is 0.277. The Morgan fingerprint density at radius 2 is 1.90 bits per heavy atom. The van der Waals surface area contributed by atoms with E-state index in [0.717, 1.165) is 18.8 Å². The summed E-state index contributed by atoms with van der Waals surface area (Å²) in [7, 11) is 0. The molecule has 0 spiro atoms. The van der Waals surface area contributed by atoms with E-state index in [1.807, 2.05) is 23.9 Å². The largest absolute Gasteiger partial charge is 0.309 e. The summed E-state index contributed by atoms with van der Waals surface area (Å²) in [6.45, 7) is 5.95. The summed E-state index contributed by atoms with van der Waals surface area (Å²) in [6.07, 6.45) is 2.04. The minimum atomic E-state index is 0.277. The third kappa shape index (κ3) is 3.14. The van der Waals surface area contributed by atoms with Gasteiger partial charge in [-0.15, -0.1) is 0 Å². The summed E-state index contributed by atoms with van der Waals surface area (Å²) in [5.74, 6) is 0. The lowest BCUT2D eigenvalue weighted by Gasteiger charge is -2.19. The van der Waals surface area contributed by atoms with Crippen LogP contribution in [-0.2, 0) is 6.54 Å². The number of nitrogens with zero attached hydrogens (tertiary/aromatic N) is 2. The molecule has 0 radical (unpaired) electrons. The van der Waals surface area contributed by atoms with Gasteiger partial charge in [-0.25, -0.2) is 0 Å². The minimum Gasteiger partial charge on any atom is -0.309 e. The molecule has 0 fully saturated rings. The van der Waals surface area contributed by atoms with Crippen molar-refractivity contribution in [2.75, 3.05) is 6.54 Å². The van der Waals surface area contributed by atoms with Crippen LogP contribution in [0.3, 0.4) is 0 Å². The molecule has 0 aliphatic carbocycles. The van der Waals surface area contributed by atoms with Crippen molar-refractivity contribution in [1.29, 1.82) is 0 Å². The van der Waals surface area contributed by atoms with Gasteiger partial charge >= 0.3 is 0 Å². The fourth-order valence-corrected chi connectivity index (χ4v) is 2.71. The van der Waals surface area contributed by atoms with Gasteiger partial charge in [-0.2, -0.15) is 5.10 Å². The molecular weight excluding hydrogens is 258 g/mol. The maximum atomic E-state index is 4.50. The van der Waals surface area contributed by atoms with Crippen LogP contribution in [-0.4, -0.2) is 16.3 Å². The molecule has 3 rings (SSSR count). The molecule has 0 saturated carbocycles. The molecule has 108 valence electrons. The lowest BCUT2D eigenvalue weighted by molar-refractivity contribution is 0.447. The zero-order chi connectivity index (χ0) is 14.7. The molecule has 1 aromatic heterocycles. The Morgan fingerprint density at radius 3 is 2.62 bits per heavy atom. The van der Waals surface area contributed by atoms with E-state index in [1.54, 1.807) is 0 Å². The van der Waals surface area contributed by atoms with Crippen molar-refractivity contribution in [2.45, 2.75) is 26.4 Å². The molecule has 0 saturated heterocycles. The molecular formula is C18H21N3. The van der Waals surface area contributed by atoms with E-state index in [0.29, 0.717) is 0 Å². The Balaban J connectivity index is 1.90.